The minimum absolute atomic E-state index is 0.150. The van der Waals surface area contributed by atoms with Crippen molar-refractivity contribution >= 4 is 27.2 Å². The number of para-hydroxylation sites is 1. The molecule has 0 fully saturated rings. The molecule has 0 atom stereocenters. The first-order valence-corrected chi connectivity index (χ1v) is 6.78. The summed E-state index contributed by atoms with van der Waals surface area (Å²) in [5.41, 5.74) is 0.645. The maximum Gasteiger partial charge on any atom is 0.411 e. The molecule has 3 nitrogen and oxygen atoms in total. The van der Waals surface area contributed by atoms with E-state index in [9.17, 15) is 13.2 Å². The zero-order chi connectivity index (χ0) is 14.9. The number of rotatable bonds is 3. The summed E-state index contributed by atoms with van der Waals surface area (Å²) in [5, 5.41) is 6.06. The van der Waals surface area contributed by atoms with Crippen LogP contribution in [0.25, 0.3) is 10.2 Å². The van der Waals surface area contributed by atoms with E-state index >= 15 is 0 Å². The summed E-state index contributed by atoms with van der Waals surface area (Å²) >= 11 is 0.867. The van der Waals surface area contributed by atoms with Crippen LogP contribution >= 0.6 is 11.3 Å². The van der Waals surface area contributed by atoms with Crippen LogP contribution in [-0.2, 0) is 6.05 Å². The molecule has 0 spiro atoms. The van der Waals surface area contributed by atoms with E-state index in [0.29, 0.717) is 10.2 Å². The third kappa shape index (κ3) is 2.92. The molecule has 21 heavy (non-hydrogen) atoms. The first kappa shape index (κ1) is 13.7. The SMILES string of the molecule is Fc1ccc(N=NC(F)(F)c2nc3ccccc3s2)cc1. The highest BCUT2D eigenvalue weighted by molar-refractivity contribution is 7.18. The van der Waals surface area contributed by atoms with Crippen LogP contribution in [0.1, 0.15) is 5.01 Å². The summed E-state index contributed by atoms with van der Waals surface area (Å²) in [6, 6.07) is 8.13. The predicted octanol–water partition coefficient (Wildman–Crippen LogP) is 5.27. The van der Waals surface area contributed by atoms with Crippen LogP contribution in [0, 0.1) is 5.82 Å². The quantitative estimate of drug-likeness (QED) is 0.480. The molecular weight excluding hydrogens is 299 g/mol. The average molecular weight is 307 g/mol. The number of hydrogen-bond donors (Lipinski definition) is 0. The summed E-state index contributed by atoms with van der Waals surface area (Å²) in [5.74, 6) is -0.466. The topological polar surface area (TPSA) is 37.6 Å². The average Bonchev–Trinajstić information content (AvgIpc) is 2.91. The maximum absolute atomic E-state index is 14.0. The van der Waals surface area contributed by atoms with Crippen LogP contribution in [0.5, 0.6) is 0 Å². The van der Waals surface area contributed by atoms with Crippen molar-refractivity contribution in [1.82, 2.24) is 4.98 Å². The van der Waals surface area contributed by atoms with Crippen LogP contribution < -0.4 is 0 Å². The van der Waals surface area contributed by atoms with Gasteiger partial charge in [-0.15, -0.1) is 21.6 Å². The van der Waals surface area contributed by atoms with Crippen molar-refractivity contribution in [2.75, 3.05) is 0 Å². The van der Waals surface area contributed by atoms with Crippen molar-refractivity contribution in [2.24, 2.45) is 10.2 Å². The monoisotopic (exact) mass is 307 g/mol. The van der Waals surface area contributed by atoms with Crippen molar-refractivity contribution in [3.63, 3.8) is 0 Å². The maximum atomic E-state index is 14.0. The van der Waals surface area contributed by atoms with E-state index in [2.05, 4.69) is 15.2 Å². The Bertz CT molecular complexity index is 764. The number of halogens is 3. The van der Waals surface area contributed by atoms with Crippen molar-refractivity contribution < 1.29 is 13.2 Å². The van der Waals surface area contributed by atoms with E-state index in [-0.39, 0.29) is 5.69 Å². The van der Waals surface area contributed by atoms with Gasteiger partial charge in [-0.2, -0.15) is 8.78 Å². The standard InChI is InChI=1S/C14H8F3N3S/c15-9-5-7-10(8-6-9)19-20-14(16,17)13-18-11-3-1-2-4-12(11)21-13/h1-8H. The smallest absolute Gasteiger partial charge is 0.233 e. The highest BCUT2D eigenvalue weighted by Gasteiger charge is 2.35. The van der Waals surface area contributed by atoms with Gasteiger partial charge in [-0.05, 0) is 36.4 Å². The van der Waals surface area contributed by atoms with Crippen LogP contribution in [0.15, 0.2) is 58.8 Å². The van der Waals surface area contributed by atoms with Gasteiger partial charge in [-0.25, -0.2) is 9.37 Å². The number of nitrogens with zero attached hydrogens (tertiary/aromatic N) is 3. The Kier molecular flexibility index (Phi) is 3.42. The molecule has 0 aliphatic rings. The fraction of sp³-hybridized carbons (Fsp3) is 0.0714. The van der Waals surface area contributed by atoms with Gasteiger partial charge in [0, 0.05) is 0 Å². The summed E-state index contributed by atoms with van der Waals surface area (Å²) < 4.78 is 41.3. The predicted molar refractivity (Wildman–Crippen MR) is 74.4 cm³/mol. The Balaban J connectivity index is 1.90. The van der Waals surface area contributed by atoms with Crippen molar-refractivity contribution in [1.29, 1.82) is 0 Å². The number of hydrogen-bond acceptors (Lipinski definition) is 4. The van der Waals surface area contributed by atoms with Gasteiger partial charge in [0.15, 0.2) is 5.01 Å². The van der Waals surface area contributed by atoms with Gasteiger partial charge in [0.05, 0.1) is 15.9 Å². The molecule has 3 rings (SSSR count). The molecule has 0 bridgehead atoms. The first-order valence-electron chi connectivity index (χ1n) is 5.97. The van der Waals surface area contributed by atoms with E-state index in [1.165, 1.54) is 12.1 Å². The lowest BCUT2D eigenvalue weighted by molar-refractivity contribution is -0.00159. The van der Waals surface area contributed by atoms with E-state index in [1.807, 2.05) is 0 Å². The second kappa shape index (κ2) is 5.25. The highest BCUT2D eigenvalue weighted by Crippen LogP contribution is 2.36. The lowest BCUT2D eigenvalue weighted by Crippen LogP contribution is -2.07. The summed E-state index contributed by atoms with van der Waals surface area (Å²) in [6.07, 6.45) is 0. The molecule has 2 aromatic carbocycles. The van der Waals surface area contributed by atoms with E-state index in [4.69, 9.17) is 0 Å². The third-order valence-corrected chi connectivity index (χ3v) is 3.76. The normalized spacial score (nSPS) is 12.3. The molecule has 0 saturated carbocycles. The fourth-order valence-electron chi connectivity index (χ4n) is 1.67. The highest BCUT2D eigenvalue weighted by atomic mass is 32.1. The lowest BCUT2D eigenvalue weighted by Gasteiger charge is -2.04. The molecule has 7 heteroatoms. The molecule has 0 aliphatic carbocycles. The van der Waals surface area contributed by atoms with Gasteiger partial charge in [-0.3, -0.25) is 0 Å². The van der Waals surface area contributed by atoms with Gasteiger partial charge in [0.2, 0.25) is 0 Å². The zero-order valence-electron chi connectivity index (χ0n) is 10.5. The molecule has 3 aromatic rings. The fourth-order valence-corrected chi connectivity index (χ4v) is 2.55. The molecule has 0 N–H and O–H groups in total. The number of aromatic nitrogens is 1. The van der Waals surface area contributed by atoms with E-state index in [1.54, 1.807) is 24.3 Å². The van der Waals surface area contributed by atoms with Gasteiger partial charge >= 0.3 is 6.05 Å². The second-order valence-corrected chi connectivity index (χ2v) is 5.24. The van der Waals surface area contributed by atoms with Gasteiger partial charge < -0.3 is 0 Å². The Hall–Kier alpha value is -2.28. The lowest BCUT2D eigenvalue weighted by atomic mass is 10.3. The molecule has 1 aromatic heterocycles. The number of thiazole rings is 1. The molecular formula is C14H8F3N3S. The van der Waals surface area contributed by atoms with Crippen LogP contribution in [0.3, 0.4) is 0 Å². The van der Waals surface area contributed by atoms with Crippen molar-refractivity contribution in [3.8, 4) is 0 Å². The Morgan fingerprint density at radius 2 is 1.71 bits per heavy atom. The molecule has 0 amide bonds. The molecule has 0 unspecified atom stereocenters. The van der Waals surface area contributed by atoms with Gasteiger partial charge in [0.1, 0.15) is 5.82 Å². The van der Waals surface area contributed by atoms with Crippen molar-refractivity contribution in [3.05, 3.63) is 59.4 Å². The molecule has 106 valence electrons. The van der Waals surface area contributed by atoms with E-state index in [0.717, 1.165) is 23.5 Å². The van der Waals surface area contributed by atoms with Gasteiger partial charge in [-0.1, -0.05) is 12.1 Å². The second-order valence-electron chi connectivity index (χ2n) is 4.20. The van der Waals surface area contributed by atoms with Crippen LogP contribution in [0.4, 0.5) is 18.9 Å². The molecule has 0 radical (unpaired) electrons. The Morgan fingerprint density at radius 1 is 1.00 bits per heavy atom. The summed E-state index contributed by atoms with van der Waals surface area (Å²) in [7, 11) is 0. The summed E-state index contributed by atoms with van der Waals surface area (Å²) in [6.45, 7) is 0. The van der Waals surface area contributed by atoms with Crippen LogP contribution in [0.2, 0.25) is 0 Å². The molecule has 0 aliphatic heterocycles. The van der Waals surface area contributed by atoms with Crippen molar-refractivity contribution in [2.45, 2.75) is 6.05 Å². The summed E-state index contributed by atoms with van der Waals surface area (Å²) in [4.78, 5) is 3.87. The Labute approximate surface area is 121 Å². The minimum Gasteiger partial charge on any atom is -0.233 e. The van der Waals surface area contributed by atoms with Gasteiger partial charge in [0.25, 0.3) is 0 Å². The molecule has 0 saturated heterocycles. The molecule has 1 heterocycles. The third-order valence-electron chi connectivity index (χ3n) is 2.67. The van der Waals surface area contributed by atoms with E-state index < -0.39 is 16.9 Å². The number of benzene rings is 2. The minimum atomic E-state index is -3.52. The zero-order valence-corrected chi connectivity index (χ0v) is 11.3. The van der Waals surface area contributed by atoms with Crippen LogP contribution in [-0.4, -0.2) is 4.98 Å². The number of alkyl halides is 2. The number of azo groups is 1. The number of fused-ring (bicyclic) bond motifs is 1. The first-order chi connectivity index (χ1) is 10.0. The largest absolute Gasteiger partial charge is 0.411 e. The Morgan fingerprint density at radius 3 is 2.43 bits per heavy atom.